The average Bonchev–Trinajstić information content (AvgIpc) is 1.85. The third-order valence-corrected chi connectivity index (χ3v) is 2.15. The van der Waals surface area contributed by atoms with Gasteiger partial charge >= 0.3 is 0 Å². The summed E-state index contributed by atoms with van der Waals surface area (Å²) in [6.45, 7) is 6.99. The lowest BCUT2D eigenvalue weighted by molar-refractivity contribution is -0.107. The minimum Gasteiger partial charge on any atom is -0.393 e. The summed E-state index contributed by atoms with van der Waals surface area (Å²) in [6.07, 6.45) is 1.60. The number of rotatable bonds is 4. The van der Waals surface area contributed by atoms with E-state index in [4.69, 9.17) is 5.11 Å². The molecule has 1 N–H and O–H groups in total. The second-order valence-corrected chi connectivity index (χ2v) is 3.98. The highest BCUT2D eigenvalue weighted by Crippen LogP contribution is 2.16. The molecule has 2 unspecified atom stereocenters. The Bertz CT molecular complexity index is 143. The minimum absolute atomic E-state index is 0.0295. The molecule has 0 fully saturated rings. The first-order valence-electron chi connectivity index (χ1n) is 3.57. The first-order chi connectivity index (χ1) is 5.06. The molecule has 0 aliphatic rings. The van der Waals surface area contributed by atoms with Gasteiger partial charge in [-0.1, -0.05) is 25.3 Å². The Morgan fingerprint density at radius 3 is 2.64 bits per heavy atom. The minimum atomic E-state index is -0.338. The van der Waals surface area contributed by atoms with E-state index in [9.17, 15) is 4.79 Å². The van der Waals surface area contributed by atoms with Gasteiger partial charge in [0.1, 0.15) is 0 Å². The zero-order valence-electron chi connectivity index (χ0n) is 6.91. The van der Waals surface area contributed by atoms with Crippen molar-refractivity contribution in [2.24, 2.45) is 0 Å². The Kier molecular flexibility index (Phi) is 5.24. The molecule has 3 heteroatoms. The van der Waals surface area contributed by atoms with E-state index in [0.717, 1.165) is 0 Å². The van der Waals surface area contributed by atoms with E-state index in [2.05, 4.69) is 6.58 Å². The summed E-state index contributed by atoms with van der Waals surface area (Å²) in [5, 5.41) is 9.10. The molecule has 0 aromatic rings. The van der Waals surface area contributed by atoms with E-state index >= 15 is 0 Å². The summed E-state index contributed by atoms with van der Waals surface area (Å²) in [6, 6.07) is 0. The van der Waals surface area contributed by atoms with Crippen LogP contribution < -0.4 is 0 Å². The summed E-state index contributed by atoms with van der Waals surface area (Å²) < 4.78 is 0. The number of hydrogen-bond acceptors (Lipinski definition) is 3. The maximum absolute atomic E-state index is 10.8. The quantitative estimate of drug-likeness (QED) is 0.658. The Labute approximate surface area is 71.7 Å². The van der Waals surface area contributed by atoms with Crippen molar-refractivity contribution in [3.05, 3.63) is 12.7 Å². The molecular weight excluding hydrogens is 160 g/mol. The van der Waals surface area contributed by atoms with E-state index in [1.165, 1.54) is 17.8 Å². The van der Waals surface area contributed by atoms with E-state index < -0.39 is 0 Å². The molecular formula is C8H14O2S. The van der Waals surface area contributed by atoms with Crippen LogP contribution in [-0.4, -0.2) is 21.6 Å². The fraction of sp³-hybridized carbons (Fsp3) is 0.625. The molecule has 2 nitrogen and oxygen atoms in total. The van der Waals surface area contributed by atoms with Crippen LogP contribution in [0.4, 0.5) is 0 Å². The third kappa shape index (κ3) is 6.13. The SMILES string of the molecule is C=CC(=O)SC(C)CC(C)O. The first-order valence-corrected chi connectivity index (χ1v) is 4.45. The highest BCUT2D eigenvalue weighted by Gasteiger charge is 2.09. The normalized spacial score (nSPS) is 15.5. The van der Waals surface area contributed by atoms with Crippen LogP contribution in [0.25, 0.3) is 0 Å². The number of hydrogen-bond donors (Lipinski definition) is 1. The molecule has 64 valence electrons. The molecule has 0 aliphatic heterocycles. The van der Waals surface area contributed by atoms with Crippen LogP contribution in [0.1, 0.15) is 20.3 Å². The molecule has 0 rings (SSSR count). The van der Waals surface area contributed by atoms with Crippen molar-refractivity contribution in [2.75, 3.05) is 0 Å². The second-order valence-electron chi connectivity index (χ2n) is 2.54. The van der Waals surface area contributed by atoms with Crippen molar-refractivity contribution in [2.45, 2.75) is 31.6 Å². The monoisotopic (exact) mass is 174 g/mol. The van der Waals surface area contributed by atoms with Gasteiger partial charge in [0.25, 0.3) is 0 Å². The van der Waals surface area contributed by atoms with Crippen LogP contribution in [0.5, 0.6) is 0 Å². The van der Waals surface area contributed by atoms with Gasteiger partial charge in [0.2, 0.25) is 5.12 Å². The van der Waals surface area contributed by atoms with Gasteiger partial charge in [0, 0.05) is 5.25 Å². The molecule has 0 heterocycles. The van der Waals surface area contributed by atoms with Crippen molar-refractivity contribution in [3.8, 4) is 0 Å². The summed E-state index contributed by atoms with van der Waals surface area (Å²) in [5.74, 6) is 0. The molecule has 11 heavy (non-hydrogen) atoms. The molecule has 2 atom stereocenters. The molecule has 0 bridgehead atoms. The predicted octanol–water partition coefficient (Wildman–Crippen LogP) is 1.59. The molecule has 0 saturated carbocycles. The lowest BCUT2D eigenvalue weighted by atomic mass is 10.2. The maximum atomic E-state index is 10.8. The van der Waals surface area contributed by atoms with Crippen molar-refractivity contribution in [1.29, 1.82) is 0 Å². The van der Waals surface area contributed by atoms with Gasteiger partial charge in [0.15, 0.2) is 0 Å². The molecule has 0 spiro atoms. The predicted molar refractivity (Wildman–Crippen MR) is 48.6 cm³/mol. The van der Waals surface area contributed by atoms with Crippen molar-refractivity contribution in [3.63, 3.8) is 0 Å². The van der Waals surface area contributed by atoms with Crippen molar-refractivity contribution in [1.82, 2.24) is 0 Å². The first kappa shape index (κ1) is 10.7. The van der Waals surface area contributed by atoms with Gasteiger partial charge in [0.05, 0.1) is 6.10 Å². The summed E-state index contributed by atoms with van der Waals surface area (Å²) >= 11 is 1.21. The van der Waals surface area contributed by atoms with E-state index in [-0.39, 0.29) is 16.5 Å². The Morgan fingerprint density at radius 1 is 1.73 bits per heavy atom. The lowest BCUT2D eigenvalue weighted by Crippen LogP contribution is -2.10. The third-order valence-electron chi connectivity index (χ3n) is 1.16. The number of aliphatic hydroxyl groups excluding tert-OH is 1. The van der Waals surface area contributed by atoms with Crippen LogP contribution in [-0.2, 0) is 4.79 Å². The van der Waals surface area contributed by atoms with Gasteiger partial charge in [-0.2, -0.15) is 0 Å². The van der Waals surface area contributed by atoms with Crippen LogP contribution in [0.3, 0.4) is 0 Å². The molecule has 0 saturated heterocycles. The fourth-order valence-corrected chi connectivity index (χ4v) is 1.64. The van der Waals surface area contributed by atoms with Gasteiger partial charge in [-0.25, -0.2) is 0 Å². The van der Waals surface area contributed by atoms with E-state index in [0.29, 0.717) is 6.42 Å². The lowest BCUT2D eigenvalue weighted by Gasteiger charge is -2.09. The number of carbonyl (C=O) groups is 1. The molecule has 0 aromatic carbocycles. The topological polar surface area (TPSA) is 37.3 Å². The van der Waals surface area contributed by atoms with Gasteiger partial charge in [-0.15, -0.1) is 0 Å². The Balaban J connectivity index is 3.59. The van der Waals surface area contributed by atoms with Crippen LogP contribution >= 0.6 is 11.8 Å². The number of aliphatic hydroxyl groups is 1. The zero-order chi connectivity index (χ0) is 8.85. The van der Waals surface area contributed by atoms with Crippen molar-refractivity contribution < 1.29 is 9.90 Å². The van der Waals surface area contributed by atoms with Gasteiger partial charge in [-0.3, -0.25) is 4.79 Å². The standard InChI is InChI=1S/C8H14O2S/c1-4-8(10)11-7(3)5-6(2)9/h4,6-7,9H,1,5H2,2-3H3. The van der Waals surface area contributed by atoms with E-state index in [1.807, 2.05) is 6.92 Å². The van der Waals surface area contributed by atoms with Gasteiger partial charge in [-0.05, 0) is 19.4 Å². The average molecular weight is 174 g/mol. The summed E-state index contributed by atoms with van der Waals surface area (Å²) in [7, 11) is 0. The molecule has 0 amide bonds. The number of carbonyl (C=O) groups excluding carboxylic acids is 1. The Hall–Kier alpha value is -0.280. The van der Waals surface area contributed by atoms with E-state index in [1.54, 1.807) is 6.92 Å². The zero-order valence-corrected chi connectivity index (χ0v) is 7.73. The number of thioether (sulfide) groups is 1. The highest BCUT2D eigenvalue weighted by molar-refractivity contribution is 8.14. The second kappa shape index (κ2) is 5.38. The Morgan fingerprint density at radius 2 is 2.27 bits per heavy atom. The van der Waals surface area contributed by atoms with Crippen LogP contribution in [0.15, 0.2) is 12.7 Å². The highest BCUT2D eigenvalue weighted by atomic mass is 32.2. The molecule has 0 aliphatic carbocycles. The van der Waals surface area contributed by atoms with Crippen molar-refractivity contribution >= 4 is 16.9 Å². The smallest absolute Gasteiger partial charge is 0.211 e. The molecule has 0 radical (unpaired) electrons. The molecule has 0 aromatic heterocycles. The largest absolute Gasteiger partial charge is 0.393 e. The summed E-state index contributed by atoms with van der Waals surface area (Å²) in [4.78, 5) is 10.8. The summed E-state index contributed by atoms with van der Waals surface area (Å²) in [5.41, 5.74) is 0. The van der Waals surface area contributed by atoms with Gasteiger partial charge < -0.3 is 5.11 Å². The maximum Gasteiger partial charge on any atom is 0.211 e. The van der Waals surface area contributed by atoms with Crippen LogP contribution in [0, 0.1) is 0 Å². The fourth-order valence-electron chi connectivity index (χ4n) is 0.775. The van der Waals surface area contributed by atoms with Crippen LogP contribution in [0.2, 0.25) is 0 Å².